The van der Waals surface area contributed by atoms with Crippen molar-refractivity contribution in [1.82, 2.24) is 4.98 Å². The molecule has 102 valence electrons. The SMILES string of the molecule is CC(Nc1cc(S(C)(=O)=O)ccc1F)c1nccs1. The molecule has 0 bridgehead atoms. The van der Waals surface area contributed by atoms with E-state index in [4.69, 9.17) is 0 Å². The highest BCUT2D eigenvalue weighted by molar-refractivity contribution is 7.90. The van der Waals surface area contributed by atoms with Crippen molar-refractivity contribution in [3.8, 4) is 0 Å². The van der Waals surface area contributed by atoms with Crippen molar-refractivity contribution < 1.29 is 12.8 Å². The first kappa shape index (κ1) is 14.0. The van der Waals surface area contributed by atoms with Gasteiger partial charge in [0.25, 0.3) is 0 Å². The maximum atomic E-state index is 13.7. The van der Waals surface area contributed by atoms with Crippen LogP contribution in [0.4, 0.5) is 10.1 Å². The number of hydrogen-bond acceptors (Lipinski definition) is 5. The molecule has 2 rings (SSSR count). The van der Waals surface area contributed by atoms with Crippen molar-refractivity contribution in [3.63, 3.8) is 0 Å². The molecule has 1 unspecified atom stereocenters. The molecule has 1 N–H and O–H groups in total. The van der Waals surface area contributed by atoms with Gasteiger partial charge in [0.2, 0.25) is 0 Å². The molecule has 1 atom stereocenters. The smallest absolute Gasteiger partial charge is 0.175 e. The van der Waals surface area contributed by atoms with Crippen molar-refractivity contribution in [3.05, 3.63) is 40.6 Å². The largest absolute Gasteiger partial charge is 0.374 e. The predicted molar refractivity (Wildman–Crippen MR) is 73.7 cm³/mol. The summed E-state index contributed by atoms with van der Waals surface area (Å²) < 4.78 is 36.6. The third-order valence-corrected chi connectivity index (χ3v) is 4.63. The van der Waals surface area contributed by atoms with E-state index in [0.717, 1.165) is 17.3 Å². The van der Waals surface area contributed by atoms with Gasteiger partial charge in [-0.2, -0.15) is 0 Å². The first-order valence-electron chi connectivity index (χ1n) is 5.53. The molecule has 0 radical (unpaired) electrons. The Morgan fingerprint density at radius 1 is 1.42 bits per heavy atom. The minimum Gasteiger partial charge on any atom is -0.374 e. The van der Waals surface area contributed by atoms with Crippen LogP contribution in [0, 0.1) is 5.82 Å². The summed E-state index contributed by atoms with van der Waals surface area (Å²) in [5, 5.41) is 5.57. The van der Waals surface area contributed by atoms with E-state index in [1.54, 1.807) is 6.20 Å². The first-order valence-corrected chi connectivity index (χ1v) is 8.30. The summed E-state index contributed by atoms with van der Waals surface area (Å²) in [5.74, 6) is -0.490. The molecule has 0 aliphatic heterocycles. The number of halogens is 1. The van der Waals surface area contributed by atoms with Crippen LogP contribution < -0.4 is 5.32 Å². The summed E-state index contributed by atoms with van der Waals surface area (Å²) in [7, 11) is -3.35. The zero-order valence-corrected chi connectivity index (χ0v) is 12.1. The summed E-state index contributed by atoms with van der Waals surface area (Å²) in [4.78, 5) is 4.21. The molecule has 0 saturated heterocycles. The number of nitrogens with zero attached hydrogens (tertiary/aromatic N) is 1. The molecule has 4 nitrogen and oxygen atoms in total. The highest BCUT2D eigenvalue weighted by Gasteiger charge is 2.14. The van der Waals surface area contributed by atoms with Crippen molar-refractivity contribution in [2.45, 2.75) is 17.9 Å². The Balaban J connectivity index is 2.30. The van der Waals surface area contributed by atoms with Crippen molar-refractivity contribution in [2.24, 2.45) is 0 Å². The van der Waals surface area contributed by atoms with E-state index in [2.05, 4.69) is 10.3 Å². The van der Waals surface area contributed by atoms with Gasteiger partial charge in [0, 0.05) is 17.8 Å². The molecular weight excluding hydrogens is 287 g/mol. The fraction of sp³-hybridized carbons (Fsp3) is 0.250. The molecule has 0 saturated carbocycles. The molecule has 1 heterocycles. The summed E-state index contributed by atoms with van der Waals surface area (Å²) in [6.45, 7) is 1.84. The van der Waals surface area contributed by atoms with Crippen LogP contribution >= 0.6 is 11.3 Å². The Bertz CT molecular complexity index is 669. The minimum absolute atomic E-state index is 0.0859. The van der Waals surface area contributed by atoms with Gasteiger partial charge in [-0.25, -0.2) is 17.8 Å². The summed E-state index contributed by atoms with van der Waals surface area (Å²) in [5.41, 5.74) is 0.158. The van der Waals surface area contributed by atoms with Crippen LogP contribution in [0.2, 0.25) is 0 Å². The number of sulfone groups is 1. The maximum Gasteiger partial charge on any atom is 0.175 e. The van der Waals surface area contributed by atoms with Crippen LogP contribution in [-0.4, -0.2) is 19.7 Å². The molecule has 2 aromatic rings. The standard InChI is InChI=1S/C12H13FN2O2S2/c1-8(12-14-5-6-18-12)15-11-7-9(19(2,16)17)3-4-10(11)13/h3-8,15H,1-2H3. The molecule has 19 heavy (non-hydrogen) atoms. The Labute approximate surface area is 115 Å². The molecule has 7 heteroatoms. The molecule has 0 amide bonds. The lowest BCUT2D eigenvalue weighted by atomic mass is 10.2. The fourth-order valence-corrected chi connectivity index (χ4v) is 2.88. The predicted octanol–water partition coefficient (Wildman–Crippen LogP) is 2.86. The van der Waals surface area contributed by atoms with E-state index >= 15 is 0 Å². The van der Waals surface area contributed by atoms with Crippen LogP contribution in [0.1, 0.15) is 18.0 Å². The maximum absolute atomic E-state index is 13.7. The van der Waals surface area contributed by atoms with Crippen LogP contribution in [-0.2, 0) is 9.84 Å². The summed E-state index contributed by atoms with van der Waals surface area (Å²) in [6.07, 6.45) is 2.76. The average molecular weight is 300 g/mol. The highest BCUT2D eigenvalue weighted by Crippen LogP contribution is 2.25. The van der Waals surface area contributed by atoms with Gasteiger partial charge >= 0.3 is 0 Å². The van der Waals surface area contributed by atoms with Gasteiger partial charge in [0.05, 0.1) is 16.6 Å². The number of aromatic nitrogens is 1. The van der Waals surface area contributed by atoms with Gasteiger partial charge in [-0.3, -0.25) is 0 Å². The van der Waals surface area contributed by atoms with Gasteiger partial charge in [-0.1, -0.05) is 0 Å². The second kappa shape index (κ2) is 5.26. The van der Waals surface area contributed by atoms with Gasteiger partial charge < -0.3 is 5.32 Å². The van der Waals surface area contributed by atoms with Gasteiger partial charge in [-0.15, -0.1) is 11.3 Å². The van der Waals surface area contributed by atoms with E-state index in [-0.39, 0.29) is 16.6 Å². The molecule has 0 aliphatic carbocycles. The molecule has 1 aromatic heterocycles. The fourth-order valence-electron chi connectivity index (χ4n) is 1.59. The van der Waals surface area contributed by atoms with Crippen molar-refractivity contribution in [2.75, 3.05) is 11.6 Å². The highest BCUT2D eigenvalue weighted by atomic mass is 32.2. The van der Waals surface area contributed by atoms with Crippen LogP contribution in [0.25, 0.3) is 0 Å². The molecule has 0 spiro atoms. The minimum atomic E-state index is -3.35. The topological polar surface area (TPSA) is 59.1 Å². The number of nitrogens with one attached hydrogen (secondary N) is 1. The Morgan fingerprint density at radius 3 is 2.74 bits per heavy atom. The summed E-state index contributed by atoms with van der Waals surface area (Å²) >= 11 is 1.45. The molecule has 1 aromatic carbocycles. The van der Waals surface area contributed by atoms with E-state index in [1.807, 2.05) is 12.3 Å². The van der Waals surface area contributed by atoms with Crippen LogP contribution in [0.15, 0.2) is 34.7 Å². The lowest BCUT2D eigenvalue weighted by molar-refractivity contribution is 0.600. The Kier molecular flexibility index (Phi) is 3.86. The van der Waals surface area contributed by atoms with Crippen LogP contribution in [0.3, 0.4) is 0 Å². The first-order chi connectivity index (χ1) is 8.88. The quantitative estimate of drug-likeness (QED) is 0.882. The van der Waals surface area contributed by atoms with E-state index < -0.39 is 15.7 Å². The number of hydrogen-bond donors (Lipinski definition) is 1. The Morgan fingerprint density at radius 2 is 2.16 bits per heavy atom. The van der Waals surface area contributed by atoms with Gasteiger partial charge in [0.15, 0.2) is 9.84 Å². The van der Waals surface area contributed by atoms with Crippen molar-refractivity contribution in [1.29, 1.82) is 0 Å². The van der Waals surface area contributed by atoms with Crippen LogP contribution in [0.5, 0.6) is 0 Å². The van der Waals surface area contributed by atoms with E-state index in [0.29, 0.717) is 0 Å². The third kappa shape index (κ3) is 3.30. The lowest BCUT2D eigenvalue weighted by Gasteiger charge is -2.14. The van der Waals surface area contributed by atoms with E-state index in [9.17, 15) is 12.8 Å². The number of rotatable bonds is 4. The molecular formula is C12H13FN2O2S2. The second-order valence-electron chi connectivity index (χ2n) is 4.15. The number of thiazole rings is 1. The molecule has 0 aliphatic rings. The van der Waals surface area contributed by atoms with Gasteiger partial charge in [0.1, 0.15) is 10.8 Å². The Hall–Kier alpha value is -1.47. The summed E-state index contributed by atoms with van der Waals surface area (Å²) in [6, 6.07) is 3.51. The van der Waals surface area contributed by atoms with E-state index in [1.165, 1.54) is 23.5 Å². The average Bonchev–Trinajstić information content (AvgIpc) is 2.84. The second-order valence-corrected chi connectivity index (χ2v) is 7.09. The lowest BCUT2D eigenvalue weighted by Crippen LogP contribution is -2.08. The zero-order valence-electron chi connectivity index (χ0n) is 10.4. The normalized spacial score (nSPS) is 13.2. The zero-order chi connectivity index (χ0) is 14.0. The monoisotopic (exact) mass is 300 g/mol. The third-order valence-electron chi connectivity index (χ3n) is 2.56. The number of anilines is 1. The van der Waals surface area contributed by atoms with Crippen molar-refractivity contribution >= 4 is 26.9 Å². The molecule has 0 fully saturated rings. The van der Waals surface area contributed by atoms with Gasteiger partial charge in [-0.05, 0) is 25.1 Å². The number of benzene rings is 1.